The highest BCUT2D eigenvalue weighted by Crippen LogP contribution is 2.12. The first kappa shape index (κ1) is 17.3. The Morgan fingerprint density at radius 1 is 1.12 bits per heavy atom. The summed E-state index contributed by atoms with van der Waals surface area (Å²) in [5.74, 6) is -0.693. The zero-order valence-corrected chi connectivity index (χ0v) is 13.9. The normalized spacial score (nSPS) is 11.4. The maximum Gasteiger partial charge on any atom is 0.267 e. The van der Waals surface area contributed by atoms with Gasteiger partial charge in [-0.25, -0.2) is 10.5 Å². The van der Waals surface area contributed by atoms with Crippen LogP contribution in [0.2, 0.25) is 0 Å². The molecule has 1 aromatic carbocycles. The summed E-state index contributed by atoms with van der Waals surface area (Å²) in [6.07, 6.45) is 7.84. The van der Waals surface area contributed by atoms with Crippen LogP contribution in [0.4, 0.5) is 0 Å². The van der Waals surface area contributed by atoms with Crippen molar-refractivity contribution in [3.63, 3.8) is 0 Å². The molecule has 130 valence electrons. The van der Waals surface area contributed by atoms with Gasteiger partial charge in [0.05, 0.1) is 11.2 Å². The van der Waals surface area contributed by atoms with E-state index in [4.69, 9.17) is 5.21 Å². The number of benzene rings is 1. The summed E-state index contributed by atoms with van der Waals surface area (Å²) in [7, 11) is 0. The van der Waals surface area contributed by atoms with E-state index in [9.17, 15) is 9.59 Å². The Morgan fingerprint density at radius 2 is 1.96 bits per heavy atom. The molecule has 0 atom stereocenters. The molecule has 0 unspecified atom stereocenters. The van der Waals surface area contributed by atoms with Crippen LogP contribution in [0.25, 0.3) is 23.1 Å². The molecule has 0 bridgehead atoms. The molecule has 3 rings (SSSR count). The fraction of sp³-hybridized carbons (Fsp3) is 0.0500. The van der Waals surface area contributed by atoms with Crippen molar-refractivity contribution >= 4 is 29.0 Å². The quantitative estimate of drug-likeness (QED) is 0.422. The van der Waals surface area contributed by atoms with E-state index in [-0.39, 0.29) is 5.56 Å². The molecule has 0 saturated heterocycles. The number of amides is 1. The first-order valence-corrected chi connectivity index (χ1v) is 8.01. The van der Waals surface area contributed by atoms with Crippen molar-refractivity contribution in [1.29, 1.82) is 0 Å². The average Bonchev–Trinajstić information content (AvgIpc) is 2.68. The minimum absolute atomic E-state index is 0.231. The molecular weight excluding hydrogens is 330 g/mol. The van der Waals surface area contributed by atoms with Crippen LogP contribution in [0, 0.1) is 0 Å². The third-order valence-electron chi connectivity index (χ3n) is 3.78. The van der Waals surface area contributed by atoms with Gasteiger partial charge in [0, 0.05) is 29.8 Å². The molecule has 1 amide bonds. The summed E-state index contributed by atoms with van der Waals surface area (Å²) in [5.41, 5.74) is 3.34. The molecule has 26 heavy (non-hydrogen) atoms. The molecule has 0 aliphatic heterocycles. The lowest BCUT2D eigenvalue weighted by molar-refractivity contribution is -0.124. The average molecular weight is 347 g/mol. The SMILES string of the molecule is O=C(/C=C/c1cccn(C/C=C/c2ccc3ccccc3n2)c1=O)NO. The molecular formula is C20H17N3O3. The number of hydrogen-bond donors (Lipinski definition) is 2. The van der Waals surface area contributed by atoms with E-state index in [0.29, 0.717) is 12.1 Å². The molecule has 3 aromatic rings. The van der Waals surface area contributed by atoms with E-state index in [1.54, 1.807) is 18.3 Å². The number of carbonyl (C=O) groups is 1. The highest BCUT2D eigenvalue weighted by Gasteiger charge is 2.00. The Morgan fingerprint density at radius 3 is 2.81 bits per heavy atom. The Labute approximate surface area is 149 Å². The third-order valence-corrected chi connectivity index (χ3v) is 3.78. The lowest BCUT2D eigenvalue weighted by atomic mass is 10.2. The van der Waals surface area contributed by atoms with Gasteiger partial charge < -0.3 is 4.57 Å². The molecule has 0 spiro atoms. The fourth-order valence-electron chi connectivity index (χ4n) is 2.49. The van der Waals surface area contributed by atoms with Crippen LogP contribution in [0.5, 0.6) is 0 Å². The molecule has 6 heteroatoms. The van der Waals surface area contributed by atoms with Crippen molar-refractivity contribution < 1.29 is 10.0 Å². The second-order valence-corrected chi connectivity index (χ2v) is 5.56. The molecule has 2 heterocycles. The van der Waals surface area contributed by atoms with Gasteiger partial charge in [0.15, 0.2) is 0 Å². The van der Waals surface area contributed by atoms with Gasteiger partial charge in [0.2, 0.25) is 0 Å². The van der Waals surface area contributed by atoms with Crippen LogP contribution in [0.1, 0.15) is 11.3 Å². The van der Waals surface area contributed by atoms with Gasteiger partial charge in [-0.3, -0.25) is 14.8 Å². The van der Waals surface area contributed by atoms with Gasteiger partial charge in [0.1, 0.15) is 0 Å². The zero-order chi connectivity index (χ0) is 18.4. The number of hydrogen-bond acceptors (Lipinski definition) is 4. The van der Waals surface area contributed by atoms with Crippen LogP contribution < -0.4 is 11.0 Å². The molecule has 2 aromatic heterocycles. The number of hydroxylamine groups is 1. The maximum absolute atomic E-state index is 12.4. The minimum atomic E-state index is -0.693. The van der Waals surface area contributed by atoms with Gasteiger partial charge >= 0.3 is 0 Å². The molecule has 0 fully saturated rings. The van der Waals surface area contributed by atoms with Crippen LogP contribution >= 0.6 is 0 Å². The van der Waals surface area contributed by atoms with Crippen LogP contribution in [-0.2, 0) is 11.3 Å². The monoisotopic (exact) mass is 347 g/mol. The van der Waals surface area contributed by atoms with E-state index in [2.05, 4.69) is 4.98 Å². The lowest BCUT2D eigenvalue weighted by Crippen LogP contribution is -2.21. The maximum atomic E-state index is 12.4. The molecule has 6 nitrogen and oxygen atoms in total. The number of carbonyl (C=O) groups excluding carboxylic acids is 1. The van der Waals surface area contributed by atoms with E-state index in [1.165, 1.54) is 16.1 Å². The summed E-state index contributed by atoms with van der Waals surface area (Å²) >= 11 is 0. The van der Waals surface area contributed by atoms with Crippen molar-refractivity contribution in [3.8, 4) is 0 Å². The van der Waals surface area contributed by atoms with Crippen LogP contribution in [0.15, 0.2) is 71.7 Å². The zero-order valence-electron chi connectivity index (χ0n) is 13.9. The van der Waals surface area contributed by atoms with Crippen LogP contribution in [0.3, 0.4) is 0 Å². The number of rotatable bonds is 5. The molecule has 0 aliphatic rings. The summed E-state index contributed by atoms with van der Waals surface area (Å²) < 4.78 is 1.52. The summed E-state index contributed by atoms with van der Waals surface area (Å²) in [6, 6.07) is 15.1. The first-order chi connectivity index (χ1) is 12.7. The van der Waals surface area contributed by atoms with E-state index in [0.717, 1.165) is 22.7 Å². The standard InChI is InChI=1S/C20H17N3O3/c24-19(22-26)12-10-16-6-3-13-23(20(16)25)14-4-7-17-11-9-15-5-1-2-8-18(15)21-17/h1-13,26H,14H2,(H,22,24)/b7-4+,12-10+. The van der Waals surface area contributed by atoms with Crippen molar-refractivity contribution in [1.82, 2.24) is 15.0 Å². The molecule has 2 N–H and O–H groups in total. The van der Waals surface area contributed by atoms with Crippen molar-refractivity contribution in [2.75, 3.05) is 0 Å². The smallest absolute Gasteiger partial charge is 0.267 e. The van der Waals surface area contributed by atoms with Gasteiger partial charge in [0.25, 0.3) is 11.5 Å². The van der Waals surface area contributed by atoms with Crippen molar-refractivity contribution in [2.45, 2.75) is 6.54 Å². The number of pyridine rings is 2. The number of fused-ring (bicyclic) bond motifs is 1. The number of aromatic nitrogens is 2. The summed E-state index contributed by atoms with van der Waals surface area (Å²) in [5, 5.41) is 9.55. The minimum Gasteiger partial charge on any atom is -0.311 e. The second-order valence-electron chi connectivity index (χ2n) is 5.56. The van der Waals surface area contributed by atoms with E-state index < -0.39 is 5.91 Å². The number of nitrogens with zero attached hydrogens (tertiary/aromatic N) is 2. The fourth-order valence-corrected chi connectivity index (χ4v) is 2.49. The largest absolute Gasteiger partial charge is 0.311 e. The predicted octanol–water partition coefficient (Wildman–Crippen LogP) is 2.63. The Bertz CT molecular complexity index is 1050. The first-order valence-electron chi connectivity index (χ1n) is 8.01. The van der Waals surface area contributed by atoms with Gasteiger partial charge in [-0.2, -0.15) is 0 Å². The molecule has 0 radical (unpaired) electrons. The topological polar surface area (TPSA) is 84.2 Å². The van der Waals surface area contributed by atoms with Gasteiger partial charge in [-0.1, -0.05) is 30.3 Å². The Balaban J connectivity index is 1.76. The highest BCUT2D eigenvalue weighted by atomic mass is 16.5. The Hall–Kier alpha value is -3.51. The van der Waals surface area contributed by atoms with Crippen molar-refractivity contribution in [2.24, 2.45) is 0 Å². The van der Waals surface area contributed by atoms with Crippen LogP contribution in [-0.4, -0.2) is 20.7 Å². The Kier molecular flexibility index (Phi) is 5.36. The van der Waals surface area contributed by atoms with Gasteiger partial charge in [-0.15, -0.1) is 0 Å². The van der Waals surface area contributed by atoms with Gasteiger partial charge in [-0.05, 0) is 36.4 Å². The number of allylic oxidation sites excluding steroid dienone is 1. The number of nitrogens with one attached hydrogen (secondary N) is 1. The third kappa shape index (κ3) is 4.12. The van der Waals surface area contributed by atoms with E-state index >= 15 is 0 Å². The summed E-state index contributed by atoms with van der Waals surface area (Å²) in [6.45, 7) is 0.376. The lowest BCUT2D eigenvalue weighted by Gasteiger charge is -2.03. The second kappa shape index (κ2) is 8.04. The molecule has 0 aliphatic carbocycles. The van der Waals surface area contributed by atoms with Crippen molar-refractivity contribution in [3.05, 3.63) is 88.5 Å². The summed E-state index contributed by atoms with van der Waals surface area (Å²) in [4.78, 5) is 27.9. The molecule has 0 saturated carbocycles. The predicted molar refractivity (Wildman–Crippen MR) is 100 cm³/mol. The highest BCUT2D eigenvalue weighted by molar-refractivity contribution is 5.90. The number of para-hydroxylation sites is 1. The van der Waals surface area contributed by atoms with E-state index in [1.807, 2.05) is 48.6 Å².